The lowest BCUT2D eigenvalue weighted by atomic mass is 10.1. The van der Waals surface area contributed by atoms with E-state index in [0.717, 1.165) is 72.1 Å². The summed E-state index contributed by atoms with van der Waals surface area (Å²) < 4.78 is 28.9. The molecule has 372 valence electrons. The molecule has 0 aliphatic carbocycles. The molecule has 0 unspecified atom stereocenters. The van der Waals surface area contributed by atoms with Gasteiger partial charge in [-0.1, -0.05) is 0 Å². The maximum absolute atomic E-state index is 13.1. The minimum absolute atomic E-state index is 0.0610. The summed E-state index contributed by atoms with van der Waals surface area (Å²) in [5.74, 6) is -0.0674. The van der Waals surface area contributed by atoms with Crippen molar-refractivity contribution in [2.75, 3.05) is 77.6 Å². The van der Waals surface area contributed by atoms with E-state index < -0.39 is 24.2 Å². The quantitative estimate of drug-likeness (QED) is 0.109. The van der Waals surface area contributed by atoms with Crippen LogP contribution in [-0.4, -0.2) is 167 Å². The lowest BCUT2D eigenvalue weighted by Gasteiger charge is -2.24. The fourth-order valence-electron chi connectivity index (χ4n) is 9.37. The molecule has 0 spiro atoms. The van der Waals surface area contributed by atoms with Crippen molar-refractivity contribution in [3.05, 3.63) is 84.7 Å². The van der Waals surface area contributed by atoms with Gasteiger partial charge in [-0.2, -0.15) is 19.2 Å². The van der Waals surface area contributed by atoms with E-state index in [1.807, 2.05) is 42.6 Å². The van der Waals surface area contributed by atoms with E-state index in [2.05, 4.69) is 56.4 Å². The number of aromatic carboxylic acids is 1. The van der Waals surface area contributed by atoms with Crippen LogP contribution in [0.15, 0.2) is 73.6 Å². The van der Waals surface area contributed by atoms with E-state index >= 15 is 0 Å². The standard InChI is InChI=1S/C24H27N7O4.C20H20N6O3.C4H9NO2/c1-25-21-8-18(17-10-30(14-4-3-7-34-11-14)22-15(17)5-2-6-26-22)28-23-16(9-27-31(21)23)24(33)29-19-12-35-13-20(19)32;1-21-17-8-16(24-19-14(20(27)28)9-23-26(17)19)15-10-25(12-4-3-7-29-11-12)18-13(15)5-2-6-22-18;5-3-1-7-2-4(3)6/h2,5-6,8-10,14,19-20,25,32H,3-4,7,11-13H2,1H3,(H,29,33);2,5-6,8-10,12,21H,3-4,7,11H2,1H3,(H,27,28);3-4,6H,1-2,5H2/t14-,19-,20+;12-;3-,4+/m010/s1. The third kappa shape index (κ3) is 9.47. The predicted octanol–water partition coefficient (Wildman–Crippen LogP) is 3.17. The molecule has 8 aromatic rings. The molecule has 12 heterocycles. The minimum atomic E-state index is -1.06. The third-order valence-corrected chi connectivity index (χ3v) is 13.2. The first-order chi connectivity index (χ1) is 34.6. The molecule has 0 saturated carbocycles. The van der Waals surface area contributed by atoms with Gasteiger partial charge in [0.25, 0.3) is 5.91 Å². The van der Waals surface area contributed by atoms with Gasteiger partial charge in [-0.25, -0.2) is 24.7 Å². The number of nitrogens with zero attached hydrogens (tertiary/aromatic N) is 10. The number of carbonyl (C=O) groups excluding carboxylic acids is 1. The van der Waals surface area contributed by atoms with E-state index in [1.54, 1.807) is 31.0 Å². The van der Waals surface area contributed by atoms with Crippen LogP contribution in [-0.2, 0) is 18.9 Å². The molecule has 0 aromatic carbocycles. The molecule has 12 rings (SSSR count). The molecule has 8 aromatic heterocycles. The number of amides is 1. The summed E-state index contributed by atoms with van der Waals surface area (Å²) in [6.07, 6.45) is 13.4. The van der Waals surface area contributed by atoms with Gasteiger partial charge in [0.15, 0.2) is 11.3 Å². The Morgan fingerprint density at radius 1 is 0.676 bits per heavy atom. The monoisotopic (exact) mass is 972 g/mol. The molecule has 0 radical (unpaired) electrons. The molecule has 23 heteroatoms. The van der Waals surface area contributed by atoms with E-state index in [4.69, 9.17) is 34.8 Å². The normalized spacial score (nSPS) is 22.3. The summed E-state index contributed by atoms with van der Waals surface area (Å²) in [5, 5.41) is 47.8. The molecule has 4 saturated heterocycles. The van der Waals surface area contributed by atoms with Crippen molar-refractivity contribution in [3.63, 3.8) is 0 Å². The van der Waals surface area contributed by atoms with Gasteiger partial charge in [-0.15, -0.1) is 0 Å². The van der Waals surface area contributed by atoms with Crippen molar-refractivity contribution in [3.8, 4) is 22.5 Å². The Kier molecular flexibility index (Phi) is 13.9. The van der Waals surface area contributed by atoms with E-state index in [-0.39, 0.29) is 42.8 Å². The number of fused-ring (bicyclic) bond motifs is 4. The lowest BCUT2D eigenvalue weighted by Crippen LogP contribution is -2.42. The number of ether oxygens (including phenoxy) is 4. The van der Waals surface area contributed by atoms with E-state index in [1.165, 1.54) is 16.9 Å². The molecule has 1 amide bonds. The van der Waals surface area contributed by atoms with Gasteiger partial charge < -0.3 is 65.1 Å². The second kappa shape index (κ2) is 20.7. The Hall–Kier alpha value is -7.12. The largest absolute Gasteiger partial charge is 0.477 e. The number of carbonyl (C=O) groups is 2. The van der Waals surface area contributed by atoms with Crippen molar-refractivity contribution in [2.24, 2.45) is 5.73 Å². The van der Waals surface area contributed by atoms with Crippen LogP contribution in [0.3, 0.4) is 0 Å². The average molecular weight is 973 g/mol. The van der Waals surface area contributed by atoms with E-state index in [9.17, 15) is 19.8 Å². The third-order valence-electron chi connectivity index (χ3n) is 13.2. The summed E-state index contributed by atoms with van der Waals surface area (Å²) in [6, 6.07) is 11.4. The highest BCUT2D eigenvalue weighted by Crippen LogP contribution is 2.36. The van der Waals surface area contributed by atoms with Crippen molar-refractivity contribution in [1.82, 2.24) is 53.6 Å². The fraction of sp³-hybridized carbons (Fsp3) is 0.417. The minimum Gasteiger partial charge on any atom is -0.477 e. The number of hydrogen-bond acceptors (Lipinski definition) is 17. The van der Waals surface area contributed by atoms with Crippen LogP contribution in [0.1, 0.15) is 58.5 Å². The first-order valence-corrected chi connectivity index (χ1v) is 23.6. The summed E-state index contributed by atoms with van der Waals surface area (Å²) in [5.41, 5.74) is 11.3. The number of aliphatic hydroxyl groups excluding tert-OH is 2. The van der Waals surface area contributed by atoms with Crippen molar-refractivity contribution in [2.45, 2.75) is 62.1 Å². The van der Waals surface area contributed by atoms with Gasteiger partial charge in [0.05, 0.1) is 99.8 Å². The maximum atomic E-state index is 13.1. The Bertz CT molecular complexity index is 3180. The number of rotatable bonds is 9. The number of nitrogens with two attached hydrogens (primary N) is 1. The Labute approximate surface area is 405 Å². The van der Waals surface area contributed by atoms with Crippen LogP contribution in [0.5, 0.6) is 0 Å². The van der Waals surface area contributed by atoms with Crippen molar-refractivity contribution < 1.29 is 43.9 Å². The molecule has 6 atom stereocenters. The predicted molar refractivity (Wildman–Crippen MR) is 261 cm³/mol. The smallest absolute Gasteiger partial charge is 0.341 e. The van der Waals surface area contributed by atoms with Gasteiger partial charge in [0.1, 0.15) is 34.1 Å². The molecule has 4 aliphatic rings. The molecular formula is C48H56N14O9. The number of pyridine rings is 2. The van der Waals surface area contributed by atoms with Crippen LogP contribution in [0.25, 0.3) is 55.9 Å². The van der Waals surface area contributed by atoms with Gasteiger partial charge in [-0.05, 0) is 49.9 Å². The van der Waals surface area contributed by atoms with Crippen molar-refractivity contribution >= 4 is 56.9 Å². The van der Waals surface area contributed by atoms with Gasteiger partial charge in [0, 0.05) is 86.1 Å². The molecule has 0 bridgehead atoms. The summed E-state index contributed by atoms with van der Waals surface area (Å²) in [7, 11) is 3.57. The van der Waals surface area contributed by atoms with Crippen LogP contribution < -0.4 is 21.7 Å². The second-order valence-corrected chi connectivity index (χ2v) is 17.8. The van der Waals surface area contributed by atoms with Crippen LogP contribution in [0.2, 0.25) is 0 Å². The number of aromatic nitrogens is 10. The average Bonchev–Trinajstić information content (AvgIpc) is 4.28. The van der Waals surface area contributed by atoms with Gasteiger partial charge >= 0.3 is 5.97 Å². The zero-order valence-electron chi connectivity index (χ0n) is 39.2. The van der Waals surface area contributed by atoms with Gasteiger partial charge in [-0.3, -0.25) is 4.79 Å². The fourth-order valence-corrected chi connectivity index (χ4v) is 9.37. The van der Waals surface area contributed by atoms with Crippen LogP contribution >= 0.6 is 0 Å². The molecule has 71 heavy (non-hydrogen) atoms. The number of nitrogens with one attached hydrogen (secondary N) is 3. The van der Waals surface area contributed by atoms with Crippen LogP contribution in [0.4, 0.5) is 11.6 Å². The number of carboxylic acids is 1. The first-order valence-electron chi connectivity index (χ1n) is 23.6. The highest BCUT2D eigenvalue weighted by atomic mass is 16.5. The number of carboxylic acid groups (broad SMARTS) is 1. The number of anilines is 2. The van der Waals surface area contributed by atoms with Crippen LogP contribution in [0, 0.1) is 0 Å². The Morgan fingerprint density at radius 3 is 1.63 bits per heavy atom. The molecular weight excluding hydrogens is 917 g/mol. The Balaban J connectivity index is 0.000000146. The highest BCUT2D eigenvalue weighted by Gasteiger charge is 2.30. The van der Waals surface area contributed by atoms with Gasteiger partial charge in [0.2, 0.25) is 0 Å². The number of aliphatic hydroxyl groups is 2. The lowest BCUT2D eigenvalue weighted by molar-refractivity contribution is 0.0605. The molecule has 23 nitrogen and oxygen atoms in total. The Morgan fingerprint density at radius 2 is 1.20 bits per heavy atom. The van der Waals surface area contributed by atoms with E-state index in [0.29, 0.717) is 66.3 Å². The summed E-state index contributed by atoms with van der Waals surface area (Å²) >= 11 is 0. The molecule has 8 N–H and O–H groups in total. The summed E-state index contributed by atoms with van der Waals surface area (Å²) in [6.45, 7) is 4.26. The maximum Gasteiger partial charge on any atom is 0.341 e. The molecule has 4 aliphatic heterocycles. The number of hydrogen-bond donors (Lipinski definition) is 7. The highest BCUT2D eigenvalue weighted by molar-refractivity contribution is 6.01. The zero-order valence-corrected chi connectivity index (χ0v) is 39.2. The van der Waals surface area contributed by atoms with Crippen molar-refractivity contribution in [1.29, 1.82) is 0 Å². The summed E-state index contributed by atoms with van der Waals surface area (Å²) in [4.78, 5) is 43.4. The SMILES string of the molecule is CNc1cc(-c2cn([C@@H]3CCCOC3)c3ncccc23)nc2c(C(=O)O)cnn12.CNc1cc(-c2cn([C@H]3CCCOC3)c3ncccc23)nc2c(C(=O)N[C@H]3COC[C@H]3O)cnn12.N[C@H]1COC[C@H]1O. The second-order valence-electron chi connectivity index (χ2n) is 17.8. The zero-order chi connectivity index (χ0) is 49.2. The first kappa shape index (κ1) is 47.6. The molecule has 4 fully saturated rings. The topological polar surface area (TPSA) is 290 Å².